The number of hydrogen-bond acceptors (Lipinski definition) is 5. The third-order valence-electron chi connectivity index (χ3n) is 3.57. The number of rotatable bonds is 5. The first-order chi connectivity index (χ1) is 10.7. The van der Waals surface area contributed by atoms with Crippen LogP contribution in [0.15, 0.2) is 28.7 Å². The summed E-state index contributed by atoms with van der Waals surface area (Å²) < 4.78 is 28.8. The molecule has 23 heavy (non-hydrogen) atoms. The standard InChI is InChI=1S/C15H18BrNO5S/c1-15(6-7-23(20,21)10-15)17-13(18)9-22-14(19)8-11-2-4-12(16)5-3-11/h2-5H,6-10H2,1H3,(H,17,18)/t15-/m1/s1. The maximum Gasteiger partial charge on any atom is 0.310 e. The van der Waals surface area contributed by atoms with Gasteiger partial charge in [0.2, 0.25) is 0 Å². The maximum atomic E-state index is 11.8. The summed E-state index contributed by atoms with van der Waals surface area (Å²) in [5.41, 5.74) is 0.000983. The summed E-state index contributed by atoms with van der Waals surface area (Å²) >= 11 is 3.30. The van der Waals surface area contributed by atoms with E-state index in [-0.39, 0.29) is 17.9 Å². The van der Waals surface area contributed by atoms with Crippen LogP contribution in [0, 0.1) is 0 Å². The highest BCUT2D eigenvalue weighted by molar-refractivity contribution is 9.10. The number of nitrogens with one attached hydrogen (secondary N) is 1. The van der Waals surface area contributed by atoms with E-state index in [0.29, 0.717) is 6.42 Å². The second-order valence-corrected chi connectivity index (χ2v) is 9.01. The number of carbonyl (C=O) groups excluding carboxylic acids is 2. The molecule has 0 spiro atoms. The Balaban J connectivity index is 1.78. The molecule has 1 heterocycles. The normalized spacial score (nSPS) is 22.5. The van der Waals surface area contributed by atoms with Gasteiger partial charge in [0.15, 0.2) is 16.4 Å². The molecule has 0 radical (unpaired) electrons. The van der Waals surface area contributed by atoms with Crippen molar-refractivity contribution in [2.45, 2.75) is 25.3 Å². The Kier molecular flexibility index (Phi) is 5.46. The van der Waals surface area contributed by atoms with Gasteiger partial charge in [-0.2, -0.15) is 0 Å². The van der Waals surface area contributed by atoms with Crippen LogP contribution in [0.1, 0.15) is 18.9 Å². The lowest BCUT2D eigenvalue weighted by Crippen LogP contribution is -2.48. The molecule has 0 saturated carbocycles. The molecular formula is C15H18BrNO5S. The molecule has 1 atom stereocenters. The van der Waals surface area contributed by atoms with Gasteiger partial charge in [0.1, 0.15) is 0 Å². The fraction of sp³-hybridized carbons (Fsp3) is 0.467. The molecule has 1 saturated heterocycles. The SMILES string of the molecule is C[C@@]1(NC(=O)COC(=O)Cc2ccc(Br)cc2)CCS(=O)(=O)C1. The molecule has 0 aliphatic carbocycles. The lowest BCUT2D eigenvalue weighted by Gasteiger charge is -2.23. The molecule has 1 aliphatic rings. The predicted octanol–water partition coefficient (Wildman–Crippen LogP) is 1.23. The van der Waals surface area contributed by atoms with Crippen molar-refractivity contribution in [1.82, 2.24) is 5.32 Å². The van der Waals surface area contributed by atoms with Crippen molar-refractivity contribution in [3.05, 3.63) is 34.3 Å². The monoisotopic (exact) mass is 403 g/mol. The smallest absolute Gasteiger partial charge is 0.310 e. The summed E-state index contributed by atoms with van der Waals surface area (Å²) in [7, 11) is -3.10. The van der Waals surface area contributed by atoms with Crippen LogP contribution >= 0.6 is 15.9 Å². The van der Waals surface area contributed by atoms with Gasteiger partial charge in [-0.25, -0.2) is 8.42 Å². The van der Waals surface area contributed by atoms with Crippen LogP contribution in [0.5, 0.6) is 0 Å². The average molecular weight is 404 g/mol. The van der Waals surface area contributed by atoms with Gasteiger partial charge in [0, 0.05) is 4.47 Å². The van der Waals surface area contributed by atoms with Gasteiger partial charge >= 0.3 is 5.97 Å². The summed E-state index contributed by atoms with van der Waals surface area (Å²) in [6.45, 7) is 1.27. The quantitative estimate of drug-likeness (QED) is 0.746. The van der Waals surface area contributed by atoms with E-state index in [0.717, 1.165) is 10.0 Å². The highest BCUT2D eigenvalue weighted by atomic mass is 79.9. The van der Waals surface area contributed by atoms with Crippen molar-refractivity contribution in [2.75, 3.05) is 18.1 Å². The van der Waals surface area contributed by atoms with Crippen molar-refractivity contribution >= 4 is 37.6 Å². The van der Waals surface area contributed by atoms with Gasteiger partial charge in [-0.3, -0.25) is 9.59 Å². The van der Waals surface area contributed by atoms with Crippen LogP contribution in [0.2, 0.25) is 0 Å². The Morgan fingerprint density at radius 1 is 1.30 bits per heavy atom. The first kappa shape index (κ1) is 17.9. The van der Waals surface area contributed by atoms with Crippen molar-refractivity contribution in [1.29, 1.82) is 0 Å². The van der Waals surface area contributed by atoms with Crippen molar-refractivity contribution < 1.29 is 22.7 Å². The second-order valence-electron chi connectivity index (χ2n) is 5.91. The second kappa shape index (κ2) is 7.00. The van der Waals surface area contributed by atoms with Crippen LogP contribution < -0.4 is 5.32 Å². The summed E-state index contributed by atoms with van der Waals surface area (Å²) in [6, 6.07) is 7.21. The summed E-state index contributed by atoms with van der Waals surface area (Å²) in [4.78, 5) is 23.5. The topological polar surface area (TPSA) is 89.5 Å². The Hall–Kier alpha value is -1.41. The maximum absolute atomic E-state index is 11.8. The Labute approximate surface area is 143 Å². The molecule has 1 aromatic carbocycles. The minimum absolute atomic E-state index is 0.0626. The van der Waals surface area contributed by atoms with Gasteiger partial charge in [-0.05, 0) is 31.0 Å². The fourth-order valence-electron chi connectivity index (χ4n) is 2.45. The van der Waals surface area contributed by atoms with E-state index in [4.69, 9.17) is 4.74 Å². The van der Waals surface area contributed by atoms with E-state index in [1.54, 1.807) is 19.1 Å². The number of sulfone groups is 1. The first-order valence-electron chi connectivity index (χ1n) is 7.09. The fourth-order valence-corrected chi connectivity index (χ4v) is 4.81. The molecule has 0 aromatic heterocycles. The van der Waals surface area contributed by atoms with E-state index in [1.807, 2.05) is 12.1 Å². The molecule has 1 aromatic rings. The Morgan fingerprint density at radius 3 is 2.52 bits per heavy atom. The minimum atomic E-state index is -3.10. The van der Waals surface area contributed by atoms with E-state index in [1.165, 1.54) is 0 Å². The Morgan fingerprint density at radius 2 is 1.96 bits per heavy atom. The Bertz CT molecular complexity index is 701. The summed E-state index contributed by atoms with van der Waals surface area (Å²) in [6.07, 6.45) is 0.445. The lowest BCUT2D eigenvalue weighted by molar-refractivity contribution is -0.148. The van der Waals surface area contributed by atoms with Gasteiger partial charge in [-0.15, -0.1) is 0 Å². The molecule has 6 nitrogen and oxygen atoms in total. The van der Waals surface area contributed by atoms with Crippen LogP contribution in [0.4, 0.5) is 0 Å². The third kappa shape index (κ3) is 5.62. The number of ether oxygens (including phenoxy) is 1. The molecule has 8 heteroatoms. The largest absolute Gasteiger partial charge is 0.455 e. The molecule has 2 rings (SSSR count). The van der Waals surface area contributed by atoms with Crippen molar-refractivity contribution in [3.63, 3.8) is 0 Å². The van der Waals surface area contributed by atoms with Crippen molar-refractivity contribution in [2.24, 2.45) is 0 Å². The third-order valence-corrected chi connectivity index (χ3v) is 6.00. The number of amides is 1. The number of benzene rings is 1. The minimum Gasteiger partial charge on any atom is -0.455 e. The summed E-state index contributed by atoms with van der Waals surface area (Å²) in [5.74, 6) is -1.02. The highest BCUT2D eigenvalue weighted by Gasteiger charge is 2.39. The molecular weight excluding hydrogens is 386 g/mol. The molecule has 1 aliphatic heterocycles. The van der Waals surface area contributed by atoms with E-state index in [9.17, 15) is 18.0 Å². The first-order valence-corrected chi connectivity index (χ1v) is 9.70. The molecule has 1 fully saturated rings. The number of hydrogen-bond donors (Lipinski definition) is 1. The molecule has 0 unspecified atom stereocenters. The number of carbonyl (C=O) groups is 2. The highest BCUT2D eigenvalue weighted by Crippen LogP contribution is 2.22. The average Bonchev–Trinajstić information content (AvgIpc) is 2.73. The predicted molar refractivity (Wildman–Crippen MR) is 88.6 cm³/mol. The molecule has 1 N–H and O–H groups in total. The van der Waals surface area contributed by atoms with Gasteiger partial charge < -0.3 is 10.1 Å². The van der Waals surface area contributed by atoms with E-state index < -0.39 is 33.9 Å². The molecule has 1 amide bonds. The van der Waals surface area contributed by atoms with E-state index in [2.05, 4.69) is 21.2 Å². The zero-order chi connectivity index (χ0) is 17.1. The molecule has 126 valence electrons. The van der Waals surface area contributed by atoms with Crippen LogP contribution in [-0.4, -0.2) is 43.9 Å². The zero-order valence-electron chi connectivity index (χ0n) is 12.7. The van der Waals surface area contributed by atoms with Gasteiger partial charge in [-0.1, -0.05) is 28.1 Å². The number of esters is 1. The van der Waals surface area contributed by atoms with Gasteiger partial charge in [0.25, 0.3) is 5.91 Å². The molecule has 0 bridgehead atoms. The zero-order valence-corrected chi connectivity index (χ0v) is 15.1. The lowest BCUT2D eigenvalue weighted by atomic mass is 10.0. The van der Waals surface area contributed by atoms with Crippen LogP contribution in [0.3, 0.4) is 0 Å². The van der Waals surface area contributed by atoms with Crippen LogP contribution in [0.25, 0.3) is 0 Å². The van der Waals surface area contributed by atoms with Crippen LogP contribution in [-0.2, 0) is 30.6 Å². The summed E-state index contributed by atoms with van der Waals surface area (Å²) in [5, 5.41) is 2.64. The van der Waals surface area contributed by atoms with E-state index >= 15 is 0 Å². The van der Waals surface area contributed by atoms with Gasteiger partial charge in [0.05, 0.1) is 23.5 Å². The number of halogens is 1. The van der Waals surface area contributed by atoms with Crippen molar-refractivity contribution in [3.8, 4) is 0 Å².